The topological polar surface area (TPSA) is 20.2 Å². The van der Waals surface area contributed by atoms with Crippen molar-refractivity contribution in [2.45, 2.75) is 31.8 Å². The number of rotatable bonds is 3. The molecule has 0 spiro atoms. The van der Waals surface area contributed by atoms with Crippen molar-refractivity contribution in [1.29, 1.82) is 0 Å². The molecule has 2 aliphatic carbocycles. The third-order valence-electron chi connectivity index (χ3n) is 3.96. The van der Waals surface area contributed by atoms with Crippen LogP contribution in [0, 0.1) is 17.8 Å². The lowest BCUT2D eigenvalue weighted by Crippen LogP contribution is -2.15. The van der Waals surface area contributed by atoms with Crippen LogP contribution in [0.2, 0.25) is 4.34 Å². The van der Waals surface area contributed by atoms with Crippen molar-refractivity contribution < 1.29 is 5.11 Å². The quantitative estimate of drug-likeness (QED) is 0.862. The zero-order chi connectivity index (χ0) is 10.4. The summed E-state index contributed by atoms with van der Waals surface area (Å²) in [6, 6.07) is 3.95. The monoisotopic (exact) mass is 242 g/mol. The summed E-state index contributed by atoms with van der Waals surface area (Å²) in [6.45, 7) is 0. The van der Waals surface area contributed by atoms with Crippen molar-refractivity contribution in [2.24, 2.45) is 17.8 Å². The van der Waals surface area contributed by atoms with Crippen LogP contribution in [0.25, 0.3) is 0 Å². The molecular weight excluding hydrogens is 228 g/mol. The second kappa shape index (κ2) is 3.76. The summed E-state index contributed by atoms with van der Waals surface area (Å²) >= 11 is 7.47. The predicted molar refractivity (Wildman–Crippen MR) is 63.4 cm³/mol. The summed E-state index contributed by atoms with van der Waals surface area (Å²) in [4.78, 5) is 1.22. The lowest BCUT2D eigenvalue weighted by atomic mass is 10.0. The molecule has 1 nitrogen and oxygen atoms in total. The molecule has 1 N–H and O–H groups in total. The predicted octanol–water partition coefficient (Wildman–Crippen LogP) is 3.35. The molecule has 1 aromatic heterocycles. The van der Waals surface area contributed by atoms with Gasteiger partial charge >= 0.3 is 0 Å². The summed E-state index contributed by atoms with van der Waals surface area (Å²) < 4.78 is 0.827. The summed E-state index contributed by atoms with van der Waals surface area (Å²) in [5.41, 5.74) is 0. The molecule has 0 radical (unpaired) electrons. The molecule has 3 rings (SSSR count). The van der Waals surface area contributed by atoms with E-state index >= 15 is 0 Å². The van der Waals surface area contributed by atoms with Gasteiger partial charge in [-0.25, -0.2) is 0 Å². The van der Waals surface area contributed by atoms with Gasteiger partial charge in [-0.2, -0.15) is 0 Å². The normalized spacial score (nSPS) is 35.2. The Kier molecular flexibility index (Phi) is 2.54. The molecule has 3 unspecified atom stereocenters. The average molecular weight is 243 g/mol. The standard InChI is InChI=1S/C12H15ClOS/c13-11-5-4-7(15-11)6-10(14)12-8-2-1-3-9(8)12/h4-5,8-10,12,14H,1-3,6H2. The van der Waals surface area contributed by atoms with E-state index in [1.165, 1.54) is 24.1 Å². The second-order valence-corrected chi connectivity index (χ2v) is 6.61. The molecule has 2 aliphatic rings. The lowest BCUT2D eigenvalue weighted by Gasteiger charge is -2.10. The highest BCUT2D eigenvalue weighted by atomic mass is 35.5. The number of hydrogen-bond acceptors (Lipinski definition) is 2. The first-order valence-electron chi connectivity index (χ1n) is 5.68. The van der Waals surface area contributed by atoms with Gasteiger partial charge in [0.15, 0.2) is 0 Å². The first kappa shape index (κ1) is 10.1. The van der Waals surface area contributed by atoms with Gasteiger partial charge < -0.3 is 5.11 Å². The molecule has 0 bridgehead atoms. The van der Waals surface area contributed by atoms with Crippen molar-refractivity contribution in [3.63, 3.8) is 0 Å². The van der Waals surface area contributed by atoms with Crippen molar-refractivity contribution in [1.82, 2.24) is 0 Å². The number of fused-ring (bicyclic) bond motifs is 1. The van der Waals surface area contributed by atoms with Crippen LogP contribution in [0.3, 0.4) is 0 Å². The highest BCUT2D eigenvalue weighted by molar-refractivity contribution is 7.16. The van der Waals surface area contributed by atoms with Crippen molar-refractivity contribution >= 4 is 22.9 Å². The van der Waals surface area contributed by atoms with E-state index in [4.69, 9.17) is 11.6 Å². The van der Waals surface area contributed by atoms with Gasteiger partial charge in [0.05, 0.1) is 10.4 Å². The number of hydrogen-bond donors (Lipinski definition) is 1. The minimum Gasteiger partial charge on any atom is -0.392 e. The first-order chi connectivity index (χ1) is 7.25. The Bertz CT molecular complexity index is 352. The van der Waals surface area contributed by atoms with E-state index in [0.717, 1.165) is 22.6 Å². The molecule has 3 atom stereocenters. The van der Waals surface area contributed by atoms with Crippen LogP contribution in [-0.4, -0.2) is 11.2 Å². The van der Waals surface area contributed by atoms with Crippen LogP contribution in [0.1, 0.15) is 24.1 Å². The van der Waals surface area contributed by atoms with Gasteiger partial charge in [0.2, 0.25) is 0 Å². The third-order valence-corrected chi connectivity index (χ3v) is 5.21. The zero-order valence-corrected chi connectivity index (χ0v) is 10.1. The van der Waals surface area contributed by atoms with Gasteiger partial charge in [-0.05, 0) is 42.7 Å². The molecule has 1 heterocycles. The Morgan fingerprint density at radius 2 is 2.13 bits per heavy atom. The third kappa shape index (κ3) is 1.83. The molecular formula is C12H15ClOS. The Hall–Kier alpha value is -0.0500. The molecule has 2 fully saturated rings. The SMILES string of the molecule is OC(Cc1ccc(Cl)s1)C1C2CCCC21. The van der Waals surface area contributed by atoms with Gasteiger partial charge in [-0.3, -0.25) is 0 Å². The van der Waals surface area contributed by atoms with Gasteiger partial charge in [0.1, 0.15) is 0 Å². The van der Waals surface area contributed by atoms with Gasteiger partial charge in [0, 0.05) is 11.3 Å². The Morgan fingerprint density at radius 1 is 1.40 bits per heavy atom. The molecule has 1 aromatic rings. The molecule has 0 aromatic carbocycles. The van der Waals surface area contributed by atoms with Gasteiger partial charge in [0.25, 0.3) is 0 Å². The van der Waals surface area contributed by atoms with Gasteiger partial charge in [-0.15, -0.1) is 11.3 Å². The molecule has 0 amide bonds. The Morgan fingerprint density at radius 3 is 2.73 bits per heavy atom. The summed E-state index contributed by atoms with van der Waals surface area (Å²) in [6.07, 6.45) is 4.74. The maximum Gasteiger partial charge on any atom is 0.0931 e. The van der Waals surface area contributed by atoms with E-state index in [1.54, 1.807) is 11.3 Å². The number of aliphatic hydroxyl groups is 1. The molecule has 15 heavy (non-hydrogen) atoms. The lowest BCUT2D eigenvalue weighted by molar-refractivity contribution is 0.136. The van der Waals surface area contributed by atoms with E-state index in [2.05, 4.69) is 0 Å². The molecule has 2 saturated carbocycles. The fourth-order valence-corrected chi connectivity index (χ4v) is 4.39. The van der Waals surface area contributed by atoms with E-state index in [1.807, 2.05) is 12.1 Å². The Balaban J connectivity index is 1.60. The first-order valence-corrected chi connectivity index (χ1v) is 6.87. The van der Waals surface area contributed by atoms with Crippen molar-refractivity contribution in [3.05, 3.63) is 21.3 Å². The van der Waals surface area contributed by atoms with Crippen LogP contribution in [0.5, 0.6) is 0 Å². The summed E-state index contributed by atoms with van der Waals surface area (Å²) in [5, 5.41) is 10.1. The summed E-state index contributed by atoms with van der Waals surface area (Å²) in [5.74, 6) is 2.28. The highest BCUT2D eigenvalue weighted by Gasteiger charge is 2.55. The summed E-state index contributed by atoms with van der Waals surface area (Å²) in [7, 11) is 0. The molecule has 0 aliphatic heterocycles. The fourth-order valence-electron chi connectivity index (χ4n) is 3.25. The number of thiophene rings is 1. The smallest absolute Gasteiger partial charge is 0.0931 e. The van der Waals surface area contributed by atoms with E-state index in [9.17, 15) is 5.11 Å². The van der Waals surface area contributed by atoms with E-state index in [-0.39, 0.29) is 6.10 Å². The van der Waals surface area contributed by atoms with Crippen molar-refractivity contribution in [2.75, 3.05) is 0 Å². The minimum atomic E-state index is -0.130. The largest absolute Gasteiger partial charge is 0.392 e. The minimum absolute atomic E-state index is 0.130. The average Bonchev–Trinajstić information content (AvgIpc) is 2.60. The molecule has 82 valence electrons. The Labute approximate surface area is 99.1 Å². The van der Waals surface area contributed by atoms with E-state index < -0.39 is 0 Å². The molecule has 3 heteroatoms. The highest BCUT2D eigenvalue weighted by Crippen LogP contribution is 2.59. The number of aliphatic hydroxyl groups excluding tert-OH is 1. The zero-order valence-electron chi connectivity index (χ0n) is 8.53. The number of halogens is 1. The maximum absolute atomic E-state index is 10.1. The fraction of sp³-hybridized carbons (Fsp3) is 0.667. The van der Waals surface area contributed by atoms with Crippen LogP contribution in [-0.2, 0) is 6.42 Å². The van der Waals surface area contributed by atoms with Gasteiger partial charge in [-0.1, -0.05) is 18.0 Å². The van der Waals surface area contributed by atoms with Crippen molar-refractivity contribution in [3.8, 4) is 0 Å². The van der Waals surface area contributed by atoms with Crippen LogP contribution < -0.4 is 0 Å². The molecule has 0 saturated heterocycles. The van der Waals surface area contributed by atoms with Crippen LogP contribution in [0.4, 0.5) is 0 Å². The van der Waals surface area contributed by atoms with Crippen LogP contribution >= 0.6 is 22.9 Å². The van der Waals surface area contributed by atoms with E-state index in [0.29, 0.717) is 5.92 Å². The maximum atomic E-state index is 10.1. The second-order valence-electron chi connectivity index (χ2n) is 4.81. The van der Waals surface area contributed by atoms with Crippen LogP contribution in [0.15, 0.2) is 12.1 Å².